The standard InChI is InChI=1S/C19H22N4O.2C2HF3O2/c1-14-5-4-7-16(21-14)13-23-17-8-10-22(18(17)11-19(23)24)12-15-6-2-3-9-20-15;2*3-2(4,5)1(6)7/h2-7,9,17-18H,8,10-13H2,1H3;2*(H,6,7)/t17-,18-;;/m0../s1. The van der Waals surface area contributed by atoms with Crippen LogP contribution in [0.3, 0.4) is 0 Å². The van der Waals surface area contributed by atoms with Gasteiger partial charge in [-0.1, -0.05) is 12.1 Å². The van der Waals surface area contributed by atoms with Gasteiger partial charge >= 0.3 is 24.3 Å². The number of halogens is 6. The van der Waals surface area contributed by atoms with Crippen molar-refractivity contribution in [2.75, 3.05) is 6.54 Å². The number of pyridine rings is 2. The maximum absolute atomic E-state index is 12.5. The number of carbonyl (C=O) groups is 3. The molecule has 15 heteroatoms. The summed E-state index contributed by atoms with van der Waals surface area (Å²) < 4.78 is 63.5. The Balaban J connectivity index is 0.000000301. The first-order chi connectivity index (χ1) is 17.6. The molecule has 208 valence electrons. The van der Waals surface area contributed by atoms with Crippen molar-refractivity contribution in [1.29, 1.82) is 0 Å². The molecule has 4 rings (SSSR count). The quantitative estimate of drug-likeness (QED) is 0.556. The summed E-state index contributed by atoms with van der Waals surface area (Å²) >= 11 is 0. The van der Waals surface area contributed by atoms with E-state index >= 15 is 0 Å². The van der Waals surface area contributed by atoms with Crippen LogP contribution in [0.4, 0.5) is 26.3 Å². The third-order valence-corrected chi connectivity index (χ3v) is 5.58. The highest BCUT2D eigenvalue weighted by Gasteiger charge is 2.46. The SMILES string of the molecule is Cc1cccc(CN2C(=O)C[C@H]3[C@@H]2CCN3Cc2ccccn2)n1.O=C(O)C(F)(F)F.O=C(O)C(F)(F)F. The predicted octanol–water partition coefficient (Wildman–Crippen LogP) is 3.43. The second-order valence-electron chi connectivity index (χ2n) is 8.32. The number of hydrogen-bond donors (Lipinski definition) is 2. The number of fused-ring (bicyclic) bond motifs is 1. The molecule has 0 spiro atoms. The van der Waals surface area contributed by atoms with Crippen LogP contribution in [-0.2, 0) is 27.5 Å². The molecule has 0 saturated carbocycles. The van der Waals surface area contributed by atoms with Gasteiger partial charge in [-0.3, -0.25) is 19.7 Å². The van der Waals surface area contributed by atoms with Crippen molar-refractivity contribution in [3.8, 4) is 0 Å². The lowest BCUT2D eigenvalue weighted by molar-refractivity contribution is -0.193. The zero-order valence-corrected chi connectivity index (χ0v) is 19.9. The molecule has 0 aromatic carbocycles. The van der Waals surface area contributed by atoms with Gasteiger partial charge in [-0.15, -0.1) is 0 Å². The number of aryl methyl sites for hydroxylation is 1. The van der Waals surface area contributed by atoms with Crippen molar-refractivity contribution in [1.82, 2.24) is 19.8 Å². The van der Waals surface area contributed by atoms with Gasteiger partial charge in [0.05, 0.1) is 17.9 Å². The Morgan fingerprint density at radius 3 is 2.00 bits per heavy atom. The van der Waals surface area contributed by atoms with Crippen molar-refractivity contribution in [2.45, 2.75) is 57.3 Å². The fourth-order valence-corrected chi connectivity index (χ4v) is 3.97. The summed E-state index contributed by atoms with van der Waals surface area (Å²) in [5.41, 5.74) is 3.05. The van der Waals surface area contributed by atoms with E-state index in [0.29, 0.717) is 25.0 Å². The number of aromatic nitrogens is 2. The largest absolute Gasteiger partial charge is 0.490 e. The van der Waals surface area contributed by atoms with Gasteiger partial charge in [0.25, 0.3) is 0 Å². The molecule has 2 saturated heterocycles. The van der Waals surface area contributed by atoms with Gasteiger partial charge in [0.2, 0.25) is 5.91 Å². The summed E-state index contributed by atoms with van der Waals surface area (Å²) in [6, 6.07) is 12.6. The van der Waals surface area contributed by atoms with Gasteiger partial charge in [0.15, 0.2) is 0 Å². The number of carboxylic acids is 2. The number of aliphatic carboxylic acids is 2. The fourth-order valence-electron chi connectivity index (χ4n) is 3.97. The van der Waals surface area contributed by atoms with Crippen molar-refractivity contribution >= 4 is 17.8 Å². The summed E-state index contributed by atoms with van der Waals surface area (Å²) in [6.45, 7) is 4.46. The van der Waals surface area contributed by atoms with Crippen LogP contribution in [0, 0.1) is 6.92 Å². The first-order valence-electron chi connectivity index (χ1n) is 11.1. The van der Waals surface area contributed by atoms with Crippen LogP contribution in [0.15, 0.2) is 42.6 Å². The van der Waals surface area contributed by atoms with E-state index in [9.17, 15) is 31.1 Å². The van der Waals surface area contributed by atoms with Crippen LogP contribution >= 0.6 is 0 Å². The van der Waals surface area contributed by atoms with Crippen molar-refractivity contribution in [2.24, 2.45) is 0 Å². The highest BCUT2D eigenvalue weighted by Crippen LogP contribution is 2.34. The van der Waals surface area contributed by atoms with E-state index in [-0.39, 0.29) is 5.91 Å². The molecule has 0 bridgehead atoms. The Morgan fingerprint density at radius 1 is 0.921 bits per heavy atom. The zero-order valence-electron chi connectivity index (χ0n) is 19.9. The van der Waals surface area contributed by atoms with Gasteiger partial charge in [-0.2, -0.15) is 26.3 Å². The summed E-state index contributed by atoms with van der Waals surface area (Å²) in [6.07, 6.45) is -6.68. The molecule has 2 N–H and O–H groups in total. The molecule has 2 atom stereocenters. The predicted molar refractivity (Wildman–Crippen MR) is 118 cm³/mol. The molecule has 0 unspecified atom stereocenters. The minimum absolute atomic E-state index is 0.249. The Bertz CT molecular complexity index is 1090. The normalized spacial score (nSPS) is 19.1. The van der Waals surface area contributed by atoms with Crippen LogP contribution < -0.4 is 0 Å². The molecule has 38 heavy (non-hydrogen) atoms. The minimum atomic E-state index is -5.08. The Labute approximate surface area is 212 Å². The fraction of sp³-hybridized carbons (Fsp3) is 0.435. The van der Waals surface area contributed by atoms with Crippen LogP contribution in [0.25, 0.3) is 0 Å². The van der Waals surface area contributed by atoms with Crippen molar-refractivity contribution in [3.05, 3.63) is 59.7 Å². The third-order valence-electron chi connectivity index (χ3n) is 5.58. The number of nitrogens with zero attached hydrogens (tertiary/aromatic N) is 4. The summed E-state index contributed by atoms with van der Waals surface area (Å²) in [7, 11) is 0. The minimum Gasteiger partial charge on any atom is -0.475 e. The van der Waals surface area contributed by atoms with Gasteiger partial charge in [0, 0.05) is 43.5 Å². The van der Waals surface area contributed by atoms with Gasteiger partial charge < -0.3 is 15.1 Å². The highest BCUT2D eigenvalue weighted by molar-refractivity contribution is 5.80. The van der Waals surface area contributed by atoms with Crippen molar-refractivity contribution in [3.63, 3.8) is 0 Å². The van der Waals surface area contributed by atoms with E-state index in [1.165, 1.54) is 0 Å². The molecule has 2 aromatic rings. The molecular weight excluding hydrogens is 526 g/mol. The highest BCUT2D eigenvalue weighted by atomic mass is 19.4. The Hall–Kier alpha value is -3.75. The first kappa shape index (κ1) is 30.5. The van der Waals surface area contributed by atoms with Crippen LogP contribution in [0.2, 0.25) is 0 Å². The summed E-state index contributed by atoms with van der Waals surface area (Å²) in [4.78, 5) is 43.7. The van der Waals surface area contributed by atoms with Crippen LogP contribution in [-0.4, -0.2) is 78.8 Å². The lowest BCUT2D eigenvalue weighted by atomic mass is 10.1. The molecule has 2 aliphatic rings. The lowest BCUT2D eigenvalue weighted by Crippen LogP contribution is -2.37. The number of carboxylic acid groups (broad SMARTS) is 2. The van der Waals surface area contributed by atoms with Gasteiger partial charge in [0.1, 0.15) is 0 Å². The summed E-state index contributed by atoms with van der Waals surface area (Å²) in [5.74, 6) is -5.26. The lowest BCUT2D eigenvalue weighted by Gasteiger charge is -2.25. The second-order valence-corrected chi connectivity index (χ2v) is 8.32. The number of rotatable bonds is 4. The maximum Gasteiger partial charge on any atom is 0.490 e. The van der Waals surface area contributed by atoms with E-state index in [0.717, 1.165) is 36.6 Å². The van der Waals surface area contributed by atoms with Gasteiger partial charge in [-0.25, -0.2) is 9.59 Å². The second kappa shape index (κ2) is 12.7. The average molecular weight is 550 g/mol. The van der Waals surface area contributed by atoms with Crippen molar-refractivity contribution < 1.29 is 50.9 Å². The molecule has 2 aliphatic heterocycles. The van der Waals surface area contributed by atoms with Gasteiger partial charge in [-0.05, 0) is 37.6 Å². The molecule has 1 amide bonds. The van der Waals surface area contributed by atoms with E-state index in [2.05, 4.69) is 20.9 Å². The number of carbonyl (C=O) groups excluding carboxylic acids is 1. The van der Waals surface area contributed by atoms with Crippen LogP contribution in [0.1, 0.15) is 29.9 Å². The average Bonchev–Trinajstić information content (AvgIpc) is 3.33. The number of likely N-dealkylation sites (tertiary alicyclic amines) is 2. The monoisotopic (exact) mass is 550 g/mol. The third kappa shape index (κ3) is 8.97. The maximum atomic E-state index is 12.5. The number of alkyl halides is 6. The smallest absolute Gasteiger partial charge is 0.475 e. The van der Waals surface area contributed by atoms with Crippen LogP contribution in [0.5, 0.6) is 0 Å². The van der Waals surface area contributed by atoms with E-state index in [1.54, 1.807) is 0 Å². The molecule has 2 aromatic heterocycles. The number of amides is 1. The van der Waals surface area contributed by atoms with E-state index < -0.39 is 24.3 Å². The Kier molecular flexibility index (Phi) is 10.2. The summed E-state index contributed by atoms with van der Waals surface area (Å²) in [5, 5.41) is 14.2. The first-order valence-corrected chi connectivity index (χ1v) is 11.1. The Morgan fingerprint density at radius 2 is 1.50 bits per heavy atom. The topological polar surface area (TPSA) is 124 Å². The molecule has 2 fully saturated rings. The molecule has 0 aliphatic carbocycles. The zero-order chi connectivity index (χ0) is 28.7. The molecule has 0 radical (unpaired) electrons. The molecule has 4 heterocycles. The molecule has 9 nitrogen and oxygen atoms in total. The van der Waals surface area contributed by atoms with E-state index in [4.69, 9.17) is 19.8 Å². The molecular formula is C23H24F6N4O5. The number of hydrogen-bond acceptors (Lipinski definition) is 6. The van der Waals surface area contributed by atoms with E-state index in [1.807, 2.05) is 48.4 Å².